The molecule has 0 unspecified atom stereocenters. The van der Waals surface area contributed by atoms with E-state index in [-0.39, 0.29) is 0 Å². The maximum Gasteiger partial charge on any atom is 0.109 e. The molecular formula is C64H40N2S2. The molecule has 0 saturated heterocycles. The van der Waals surface area contributed by atoms with Gasteiger partial charge in [0.25, 0.3) is 0 Å². The first-order valence-electron chi connectivity index (χ1n) is 23.1. The minimum absolute atomic E-state index is 1.16. The topological polar surface area (TPSA) is 9.86 Å². The number of thiophene rings is 2. The predicted molar refractivity (Wildman–Crippen MR) is 293 cm³/mol. The van der Waals surface area contributed by atoms with Crippen molar-refractivity contribution in [2.45, 2.75) is 0 Å². The zero-order valence-electron chi connectivity index (χ0n) is 36.8. The normalized spacial score (nSPS) is 11.8. The Balaban J connectivity index is 0.989. The van der Waals surface area contributed by atoms with Gasteiger partial charge in [-0.25, -0.2) is 0 Å². The average Bonchev–Trinajstić information content (AvgIpc) is 4.15. The van der Waals surface area contributed by atoms with Crippen molar-refractivity contribution >= 4 is 85.1 Å². The maximum atomic E-state index is 2.51. The molecule has 10 aromatic carbocycles. The van der Waals surface area contributed by atoms with Crippen LogP contribution in [-0.4, -0.2) is 9.13 Å². The lowest BCUT2D eigenvalue weighted by atomic mass is 9.97. The summed E-state index contributed by atoms with van der Waals surface area (Å²) in [6.45, 7) is 0. The van der Waals surface area contributed by atoms with Crippen molar-refractivity contribution in [3.8, 4) is 67.0 Å². The Morgan fingerprint density at radius 3 is 0.912 bits per heavy atom. The van der Waals surface area contributed by atoms with Crippen molar-refractivity contribution in [2.75, 3.05) is 0 Å². The molecule has 14 aromatic rings. The van der Waals surface area contributed by atoms with E-state index in [9.17, 15) is 0 Å². The molecule has 0 bridgehead atoms. The average molecular weight is 901 g/mol. The minimum atomic E-state index is 1.16. The molecule has 68 heavy (non-hydrogen) atoms. The summed E-state index contributed by atoms with van der Waals surface area (Å²) in [5.41, 5.74) is 16.7. The number of aromatic nitrogens is 2. The lowest BCUT2D eigenvalue weighted by Crippen LogP contribution is -1.95. The van der Waals surface area contributed by atoms with Crippen molar-refractivity contribution in [3.05, 3.63) is 243 Å². The number of hydrogen-bond acceptors (Lipinski definition) is 2. The highest BCUT2D eigenvalue weighted by molar-refractivity contribution is 7.26. The number of nitrogens with zero attached hydrogens (tertiary/aromatic N) is 2. The fraction of sp³-hybridized carbons (Fsp3) is 0. The fourth-order valence-corrected chi connectivity index (χ4v) is 13.0. The Kier molecular flexibility index (Phi) is 8.98. The molecule has 318 valence electrons. The summed E-state index contributed by atoms with van der Waals surface area (Å²) in [7, 11) is 0. The molecule has 0 radical (unpaired) electrons. The molecule has 0 aliphatic carbocycles. The van der Waals surface area contributed by atoms with E-state index in [0.717, 1.165) is 11.4 Å². The summed E-state index contributed by atoms with van der Waals surface area (Å²) in [4.78, 5) is 2.52. The molecule has 0 N–H and O–H groups in total. The van der Waals surface area contributed by atoms with Gasteiger partial charge in [-0.1, -0.05) is 170 Å². The molecule has 14 rings (SSSR count). The van der Waals surface area contributed by atoms with Gasteiger partial charge >= 0.3 is 0 Å². The molecule has 4 heteroatoms. The van der Waals surface area contributed by atoms with Gasteiger partial charge < -0.3 is 9.13 Å². The Hall–Kier alpha value is -8.28. The van der Waals surface area contributed by atoms with E-state index in [1.807, 2.05) is 22.7 Å². The molecule has 0 saturated carbocycles. The predicted octanol–water partition coefficient (Wildman–Crippen LogP) is 18.6. The lowest BCUT2D eigenvalue weighted by Gasteiger charge is -2.14. The second kappa shape index (κ2) is 15.7. The van der Waals surface area contributed by atoms with Gasteiger partial charge in [-0.3, -0.25) is 0 Å². The Morgan fingerprint density at radius 2 is 0.559 bits per heavy atom. The zero-order valence-corrected chi connectivity index (χ0v) is 38.4. The number of fused-ring (bicyclic) bond motifs is 10. The Bertz CT molecular complexity index is 3840. The summed E-state index contributed by atoms with van der Waals surface area (Å²) in [5.74, 6) is 0. The highest BCUT2D eigenvalue weighted by atomic mass is 32.1. The molecule has 4 aromatic heterocycles. The van der Waals surface area contributed by atoms with Crippen molar-refractivity contribution in [1.82, 2.24) is 9.13 Å². The smallest absolute Gasteiger partial charge is 0.109 e. The molecule has 0 fully saturated rings. The van der Waals surface area contributed by atoms with Crippen LogP contribution in [0.2, 0.25) is 0 Å². The lowest BCUT2D eigenvalue weighted by molar-refractivity contribution is 1.19. The van der Waals surface area contributed by atoms with E-state index in [2.05, 4.69) is 252 Å². The van der Waals surface area contributed by atoms with Gasteiger partial charge in [0.05, 0.1) is 11.0 Å². The van der Waals surface area contributed by atoms with Crippen LogP contribution in [0.5, 0.6) is 0 Å². The summed E-state index contributed by atoms with van der Waals surface area (Å²) in [5, 5.41) is 7.72. The van der Waals surface area contributed by atoms with E-state index in [4.69, 9.17) is 0 Å². The first-order chi connectivity index (χ1) is 33.7. The van der Waals surface area contributed by atoms with Crippen molar-refractivity contribution in [3.63, 3.8) is 0 Å². The third kappa shape index (κ3) is 6.30. The monoisotopic (exact) mass is 900 g/mol. The van der Waals surface area contributed by atoms with Crippen LogP contribution >= 0.6 is 22.7 Å². The first kappa shape index (κ1) is 38.9. The Labute approximate surface area is 401 Å². The van der Waals surface area contributed by atoms with Gasteiger partial charge in [-0.15, -0.1) is 22.7 Å². The Morgan fingerprint density at radius 1 is 0.235 bits per heavy atom. The number of benzene rings is 10. The van der Waals surface area contributed by atoms with Gasteiger partial charge in [0.1, 0.15) is 9.66 Å². The van der Waals surface area contributed by atoms with E-state index in [1.165, 1.54) is 118 Å². The molecule has 0 spiro atoms. The van der Waals surface area contributed by atoms with Gasteiger partial charge in [0.2, 0.25) is 0 Å². The molecule has 0 aliphatic heterocycles. The van der Waals surface area contributed by atoms with Crippen LogP contribution in [0.25, 0.3) is 129 Å². The largest absolute Gasteiger partial charge is 0.301 e. The molecule has 2 nitrogen and oxygen atoms in total. The highest BCUT2D eigenvalue weighted by Gasteiger charge is 2.22. The van der Waals surface area contributed by atoms with Crippen molar-refractivity contribution in [2.24, 2.45) is 0 Å². The van der Waals surface area contributed by atoms with Crippen LogP contribution in [0, 0.1) is 0 Å². The van der Waals surface area contributed by atoms with Crippen LogP contribution < -0.4 is 0 Å². The van der Waals surface area contributed by atoms with Crippen LogP contribution in [0.15, 0.2) is 243 Å². The van der Waals surface area contributed by atoms with E-state index >= 15 is 0 Å². The van der Waals surface area contributed by atoms with Crippen LogP contribution in [-0.2, 0) is 0 Å². The summed E-state index contributed by atoms with van der Waals surface area (Å²) < 4.78 is 7.61. The van der Waals surface area contributed by atoms with E-state index in [0.29, 0.717) is 0 Å². The van der Waals surface area contributed by atoms with E-state index < -0.39 is 0 Å². The molecular weight excluding hydrogens is 861 g/mol. The zero-order chi connectivity index (χ0) is 44.7. The van der Waals surface area contributed by atoms with Gasteiger partial charge in [0.15, 0.2) is 0 Å². The van der Waals surface area contributed by atoms with Crippen molar-refractivity contribution < 1.29 is 0 Å². The molecule has 0 amide bonds. The second-order valence-electron chi connectivity index (χ2n) is 17.7. The molecule has 4 heterocycles. The summed E-state index contributed by atoms with van der Waals surface area (Å²) >= 11 is 3.76. The third-order valence-electron chi connectivity index (χ3n) is 13.7. The first-order valence-corrected chi connectivity index (χ1v) is 24.8. The number of hydrogen-bond donors (Lipinski definition) is 0. The van der Waals surface area contributed by atoms with E-state index in [1.54, 1.807) is 0 Å². The number of rotatable bonds is 7. The molecule has 0 atom stereocenters. The molecule has 0 aliphatic rings. The maximum absolute atomic E-state index is 2.51. The van der Waals surface area contributed by atoms with Crippen LogP contribution in [0.3, 0.4) is 0 Å². The summed E-state index contributed by atoms with van der Waals surface area (Å²) in [6, 6.07) is 89.3. The second-order valence-corrected chi connectivity index (χ2v) is 19.8. The van der Waals surface area contributed by atoms with Crippen LogP contribution in [0.4, 0.5) is 0 Å². The fourth-order valence-electron chi connectivity index (χ4n) is 10.5. The minimum Gasteiger partial charge on any atom is -0.301 e. The summed E-state index contributed by atoms with van der Waals surface area (Å²) in [6.07, 6.45) is 0. The highest BCUT2D eigenvalue weighted by Crippen LogP contribution is 2.47. The van der Waals surface area contributed by atoms with Crippen molar-refractivity contribution in [1.29, 1.82) is 0 Å². The SMILES string of the molecule is c1ccc(-c2cc(-c3ccccc3)cc(-n3c4ccc(-c5ccc6c(c5)c5c7ccccc7sc5n6-c5cc(-c6ccccc6)cc(-c6ccccc6)c5)cc4c4c5ccccc5sc43)c2)cc1. The standard InChI is InChI=1S/C64H40N2S2/c1-5-17-41(18-6-1)47-33-48(42-19-7-2-8-20-42)36-51(35-47)65-57-31-29-45(39-55(57)61-53-25-13-15-27-59(53)67-63(61)65)46-30-32-58-56(40-46)62-54-26-14-16-28-60(54)68-64(62)66(58)52-37-49(43-21-9-3-10-22-43)34-50(38-52)44-23-11-4-12-24-44/h1-40H. The van der Waals surface area contributed by atoms with Gasteiger partial charge in [-0.2, -0.15) is 0 Å². The van der Waals surface area contributed by atoms with Gasteiger partial charge in [0, 0.05) is 53.1 Å². The van der Waals surface area contributed by atoms with Gasteiger partial charge in [-0.05, 0) is 128 Å². The quantitative estimate of drug-likeness (QED) is 0.151. The third-order valence-corrected chi connectivity index (χ3v) is 16.0. The van der Waals surface area contributed by atoms with Crippen LogP contribution in [0.1, 0.15) is 0 Å².